The van der Waals surface area contributed by atoms with Gasteiger partial charge in [0, 0.05) is 95.3 Å². The standard InChI is InChI=1S/3C10H15NO4.3CO.Mo/c3*1-4-5-10(11-3,9(14)15)6-7(2)8(12)13;3*1-2;/h3*7H,4-6H2,1-2H3,(H,12,13)(H,14,15);;;;/p-6. The van der Waals surface area contributed by atoms with E-state index in [1.165, 1.54) is 20.8 Å². The van der Waals surface area contributed by atoms with Gasteiger partial charge in [0.05, 0.1) is 0 Å². The number of carboxylic acids is 6. The topological polar surface area (TPSA) is 314 Å². The van der Waals surface area contributed by atoms with Crippen LogP contribution in [0.4, 0.5) is 0 Å². The molecule has 0 fully saturated rings. The van der Waals surface area contributed by atoms with E-state index in [0.29, 0.717) is 19.3 Å². The number of nitrogens with zero attached hydrogens (tertiary/aromatic N) is 3. The minimum atomic E-state index is -1.73. The van der Waals surface area contributed by atoms with Gasteiger partial charge in [0.2, 0.25) is 0 Å². The van der Waals surface area contributed by atoms with Crippen molar-refractivity contribution in [3.05, 3.63) is 54.2 Å². The Hall–Kier alpha value is -4.80. The molecule has 288 valence electrons. The predicted molar refractivity (Wildman–Crippen MR) is 156 cm³/mol. The fraction of sp³-hybridized carbons (Fsp3) is 0.636. The zero-order chi connectivity index (χ0) is 42.2. The first-order valence-corrected chi connectivity index (χ1v) is 14.7. The van der Waals surface area contributed by atoms with Gasteiger partial charge < -0.3 is 73.9 Å². The summed E-state index contributed by atoms with van der Waals surface area (Å²) in [5.74, 6) is -11.5. The number of hydrogen-bond acceptors (Lipinski definition) is 12. The van der Waals surface area contributed by atoms with E-state index in [9.17, 15) is 59.4 Å². The molecule has 0 saturated carbocycles. The zero-order valence-corrected chi connectivity index (χ0v) is 31.5. The van der Waals surface area contributed by atoms with Crippen LogP contribution in [0.15, 0.2) is 0 Å². The van der Waals surface area contributed by atoms with Crippen LogP contribution in [0.3, 0.4) is 0 Å². The van der Waals surface area contributed by atoms with Crippen LogP contribution in [0.2, 0.25) is 0 Å². The molecule has 0 rings (SSSR count). The Labute approximate surface area is 317 Å². The molecular weight excluding hydrogens is 774 g/mol. The second-order valence-corrected chi connectivity index (χ2v) is 10.8. The quantitative estimate of drug-likeness (QED) is 0.0751. The number of carbonyl (C=O) groups is 6. The molecule has 0 aliphatic carbocycles. The molecule has 0 bridgehead atoms. The summed E-state index contributed by atoms with van der Waals surface area (Å²) in [5.41, 5.74) is -5.18. The van der Waals surface area contributed by atoms with Crippen LogP contribution in [-0.2, 0) is 63.8 Å². The van der Waals surface area contributed by atoms with E-state index < -0.39 is 70.2 Å². The van der Waals surface area contributed by atoms with E-state index in [-0.39, 0.29) is 59.6 Å². The van der Waals surface area contributed by atoms with E-state index in [0.717, 1.165) is 0 Å². The summed E-state index contributed by atoms with van der Waals surface area (Å²) in [6.45, 7) is 43.3. The maximum Gasteiger partial charge on any atom is 0 e. The van der Waals surface area contributed by atoms with Crippen molar-refractivity contribution in [2.45, 2.75) is 116 Å². The Balaban J connectivity index is -0.000000108. The molecule has 0 aromatic heterocycles. The molecule has 18 nitrogen and oxygen atoms in total. The van der Waals surface area contributed by atoms with Gasteiger partial charge in [-0.1, -0.05) is 41.5 Å². The SMILES string of the molecule is [C-]#[N+]C(CCC)(CC(C)C(=O)[O-])C(=O)[O-].[C-]#[N+]C(CCC)(CC(C)C(=O)[O-])C(=O)[O-].[C-]#[N+]C(CCC)(CC(C)C(=O)[O-])C(=O)[O-].[C-]#[O+].[C-]#[O+].[C-]#[O+].[Mo]. The van der Waals surface area contributed by atoms with E-state index in [4.69, 9.17) is 33.7 Å². The molecule has 0 radical (unpaired) electrons. The van der Waals surface area contributed by atoms with E-state index in [2.05, 4.69) is 34.5 Å². The first-order valence-electron chi connectivity index (χ1n) is 14.7. The third kappa shape index (κ3) is 23.6. The van der Waals surface area contributed by atoms with Gasteiger partial charge in [-0.15, -0.1) is 0 Å². The molecule has 0 spiro atoms. The van der Waals surface area contributed by atoms with Gasteiger partial charge in [-0.2, -0.15) is 0 Å². The molecule has 0 aliphatic rings. The van der Waals surface area contributed by atoms with Crippen molar-refractivity contribution in [1.82, 2.24) is 0 Å². The second kappa shape index (κ2) is 34.6. The molecule has 0 aromatic rings. The number of carbonyl (C=O) groups excluding carboxylic acids is 6. The Morgan fingerprint density at radius 1 is 0.481 bits per heavy atom. The Morgan fingerprint density at radius 2 is 0.635 bits per heavy atom. The number of rotatable bonds is 18. The van der Waals surface area contributed by atoms with Crippen molar-refractivity contribution in [1.29, 1.82) is 0 Å². The minimum Gasteiger partial charge on any atom is 0 e. The van der Waals surface area contributed by atoms with Crippen LogP contribution in [0.25, 0.3) is 14.5 Å². The van der Waals surface area contributed by atoms with Crippen molar-refractivity contribution < 1.29 is 94.4 Å². The maximum atomic E-state index is 10.9. The zero-order valence-electron chi connectivity index (χ0n) is 29.5. The summed E-state index contributed by atoms with van der Waals surface area (Å²) in [7, 11) is 0. The fourth-order valence-corrected chi connectivity index (χ4v) is 4.31. The summed E-state index contributed by atoms with van der Waals surface area (Å²) in [6, 6.07) is 0. The first kappa shape index (κ1) is 62.3. The second-order valence-electron chi connectivity index (χ2n) is 10.8. The van der Waals surface area contributed by atoms with Gasteiger partial charge in [0.15, 0.2) is 0 Å². The summed E-state index contributed by atoms with van der Waals surface area (Å²) in [6.07, 6.45) is 0.921. The van der Waals surface area contributed by atoms with Gasteiger partial charge in [-0.05, 0) is 19.3 Å². The van der Waals surface area contributed by atoms with Gasteiger partial charge in [-0.25, -0.2) is 19.7 Å². The van der Waals surface area contributed by atoms with Crippen LogP contribution in [0.5, 0.6) is 0 Å². The van der Waals surface area contributed by atoms with Crippen LogP contribution in [0.1, 0.15) is 99.3 Å². The molecule has 0 saturated heterocycles. The van der Waals surface area contributed by atoms with E-state index in [1.54, 1.807) is 20.8 Å². The molecule has 52 heavy (non-hydrogen) atoms. The molecule has 6 atom stereocenters. The van der Waals surface area contributed by atoms with Crippen LogP contribution >= 0.6 is 0 Å². The summed E-state index contributed by atoms with van der Waals surface area (Å²) >= 11 is 0. The van der Waals surface area contributed by atoms with Crippen LogP contribution in [-0.4, -0.2) is 52.4 Å². The number of carboxylic acid groups (broad SMARTS) is 6. The van der Waals surface area contributed by atoms with Crippen molar-refractivity contribution in [2.75, 3.05) is 0 Å². The summed E-state index contributed by atoms with van der Waals surface area (Å²) in [4.78, 5) is 73.1. The smallest absolute Gasteiger partial charge is 0 e. The molecule has 0 heterocycles. The third-order valence-electron chi connectivity index (χ3n) is 6.91. The van der Waals surface area contributed by atoms with Crippen molar-refractivity contribution in [3.63, 3.8) is 0 Å². The predicted octanol–water partition coefficient (Wildman–Crippen LogP) is -3.20. The fourth-order valence-electron chi connectivity index (χ4n) is 4.31. The van der Waals surface area contributed by atoms with E-state index >= 15 is 0 Å². The summed E-state index contributed by atoms with van der Waals surface area (Å²) in [5, 5.41) is 64.1. The average Bonchev–Trinajstić information content (AvgIpc) is 3.10. The van der Waals surface area contributed by atoms with Crippen molar-refractivity contribution in [2.24, 2.45) is 17.8 Å². The molecule has 0 aliphatic heterocycles. The average molecular weight is 814 g/mol. The van der Waals surface area contributed by atoms with Gasteiger partial charge in [-0.3, -0.25) is 0 Å². The van der Waals surface area contributed by atoms with Gasteiger partial charge in [0.1, 0.15) is 17.9 Å². The molecule has 0 amide bonds. The minimum absolute atomic E-state index is 0. The third-order valence-corrected chi connectivity index (χ3v) is 6.91. The Morgan fingerprint density at radius 3 is 0.712 bits per heavy atom. The van der Waals surface area contributed by atoms with Crippen LogP contribution < -0.4 is 30.6 Å². The maximum absolute atomic E-state index is 10.9. The Bertz CT molecular complexity index is 1160. The molecule has 19 heteroatoms. The van der Waals surface area contributed by atoms with E-state index in [1.807, 2.05) is 0 Å². The largest absolute Gasteiger partial charge is 0 e. The van der Waals surface area contributed by atoms with Crippen molar-refractivity contribution >= 4 is 35.8 Å². The van der Waals surface area contributed by atoms with Crippen LogP contribution in [0, 0.1) is 57.4 Å². The normalized spacial score (nSPS) is 14.0. The first-order chi connectivity index (χ1) is 23.7. The molecule has 0 aromatic carbocycles. The molecule has 0 N–H and O–H groups in total. The molecule has 6 unspecified atom stereocenters. The van der Waals surface area contributed by atoms with Gasteiger partial charge in [0.25, 0.3) is 16.6 Å². The molecular formula is C33H39MoN3O15-6. The number of aliphatic carboxylic acids is 6. The number of hydrogen-bond donors (Lipinski definition) is 0. The van der Waals surface area contributed by atoms with Gasteiger partial charge >= 0.3 is 33.9 Å². The van der Waals surface area contributed by atoms with Crippen molar-refractivity contribution in [3.8, 4) is 0 Å². The summed E-state index contributed by atoms with van der Waals surface area (Å²) < 4.78 is 22.5. The Kier molecular flexibility index (Phi) is 41.5. The monoisotopic (exact) mass is 815 g/mol.